The van der Waals surface area contributed by atoms with Gasteiger partial charge in [0.15, 0.2) is 0 Å². The fourth-order valence-electron chi connectivity index (χ4n) is 4.28. The highest BCUT2D eigenvalue weighted by Gasteiger charge is 2.26. The molecule has 4 N–H and O–H groups in total. The van der Waals surface area contributed by atoms with Gasteiger partial charge >= 0.3 is 0 Å². The zero-order valence-electron chi connectivity index (χ0n) is 21.6. The van der Waals surface area contributed by atoms with Crippen LogP contribution in [0.3, 0.4) is 0 Å². The molecular weight excluding hydrogens is 486 g/mol. The monoisotopic (exact) mass is 517 g/mol. The lowest BCUT2D eigenvalue weighted by Gasteiger charge is -2.24. The molecule has 3 aromatic rings. The van der Waals surface area contributed by atoms with E-state index in [0.29, 0.717) is 47.3 Å². The van der Waals surface area contributed by atoms with Crippen molar-refractivity contribution >= 4 is 46.1 Å². The van der Waals surface area contributed by atoms with Gasteiger partial charge in [-0.2, -0.15) is 0 Å². The predicted octanol–water partition coefficient (Wildman–Crippen LogP) is 4.53. The quantitative estimate of drug-likeness (QED) is 0.350. The van der Waals surface area contributed by atoms with E-state index >= 15 is 0 Å². The second kappa shape index (κ2) is 11.5. The third kappa shape index (κ3) is 5.98. The number of aryl methyl sites for hydroxylation is 2. The lowest BCUT2D eigenvalue weighted by molar-refractivity contribution is 0.0951. The zero-order valence-corrected chi connectivity index (χ0v) is 22.3. The number of rotatable bonds is 8. The van der Waals surface area contributed by atoms with E-state index in [9.17, 15) is 4.79 Å². The first kappa shape index (κ1) is 26.3. The number of nitrogens with one attached hydrogen (secondary N) is 4. The number of fused-ring (bicyclic) bond motifs is 1. The summed E-state index contributed by atoms with van der Waals surface area (Å²) in [6.45, 7) is 3.36. The fourth-order valence-corrected chi connectivity index (χ4v) is 4.51. The summed E-state index contributed by atoms with van der Waals surface area (Å²) in [6, 6.07) is 13.2. The minimum absolute atomic E-state index is 0.176. The number of hydrogen-bond acceptors (Lipinski definition) is 7. The Morgan fingerprint density at radius 3 is 2.65 bits per heavy atom. The number of aromatic nitrogens is 2. The molecule has 0 bridgehead atoms. The van der Waals surface area contributed by atoms with Crippen LogP contribution in [0.4, 0.5) is 11.6 Å². The van der Waals surface area contributed by atoms with Crippen molar-refractivity contribution in [2.45, 2.75) is 19.8 Å². The van der Waals surface area contributed by atoms with Crippen LogP contribution in [0.25, 0.3) is 11.3 Å². The molecule has 192 valence electrons. The number of benzene rings is 2. The summed E-state index contributed by atoms with van der Waals surface area (Å²) < 4.78 is 0. The highest BCUT2D eigenvalue weighted by molar-refractivity contribution is 6.33. The minimum atomic E-state index is -0.176. The lowest BCUT2D eigenvalue weighted by Crippen LogP contribution is -2.31. The Kier molecular flexibility index (Phi) is 8.21. The number of carbonyl (C=O) groups is 1. The zero-order chi connectivity index (χ0) is 26.5. The van der Waals surface area contributed by atoms with Crippen molar-refractivity contribution < 1.29 is 4.79 Å². The first-order chi connectivity index (χ1) is 17.8. The molecule has 0 saturated heterocycles. The first-order valence-corrected chi connectivity index (χ1v) is 12.6. The molecule has 4 rings (SSSR count). The molecule has 9 heteroatoms. The van der Waals surface area contributed by atoms with Gasteiger partial charge in [0.1, 0.15) is 0 Å². The molecule has 0 aliphatic heterocycles. The molecular formula is C28H32ClN7O. The van der Waals surface area contributed by atoms with Crippen molar-refractivity contribution in [1.82, 2.24) is 25.5 Å². The third-order valence-electron chi connectivity index (χ3n) is 6.28. The summed E-state index contributed by atoms with van der Waals surface area (Å²) in [5, 5.41) is 18.5. The van der Waals surface area contributed by atoms with Crippen LogP contribution < -0.4 is 16.0 Å². The van der Waals surface area contributed by atoms with E-state index in [2.05, 4.69) is 33.9 Å². The number of nitrogens with zero attached hydrogens (tertiary/aromatic N) is 3. The van der Waals surface area contributed by atoms with Crippen molar-refractivity contribution in [3.05, 3.63) is 81.6 Å². The Morgan fingerprint density at radius 1 is 1.16 bits per heavy atom. The van der Waals surface area contributed by atoms with E-state index in [4.69, 9.17) is 22.0 Å². The van der Waals surface area contributed by atoms with Crippen LogP contribution in [0.5, 0.6) is 0 Å². The van der Waals surface area contributed by atoms with Gasteiger partial charge in [-0.1, -0.05) is 35.9 Å². The Balaban J connectivity index is 1.64. The highest BCUT2D eigenvalue weighted by Crippen LogP contribution is 2.34. The van der Waals surface area contributed by atoms with E-state index < -0.39 is 0 Å². The van der Waals surface area contributed by atoms with Gasteiger partial charge in [0.25, 0.3) is 5.91 Å². The van der Waals surface area contributed by atoms with E-state index in [1.807, 2.05) is 50.4 Å². The summed E-state index contributed by atoms with van der Waals surface area (Å²) >= 11 is 6.51. The first-order valence-electron chi connectivity index (χ1n) is 12.2. The second-order valence-corrected chi connectivity index (χ2v) is 9.65. The smallest absolute Gasteiger partial charge is 0.251 e. The van der Waals surface area contributed by atoms with E-state index in [-0.39, 0.29) is 5.91 Å². The number of amides is 1. The van der Waals surface area contributed by atoms with Crippen LogP contribution >= 0.6 is 11.6 Å². The van der Waals surface area contributed by atoms with Crippen molar-refractivity contribution in [2.75, 3.05) is 39.5 Å². The van der Waals surface area contributed by atoms with Crippen molar-refractivity contribution in [2.24, 2.45) is 0 Å². The molecule has 2 aromatic carbocycles. The van der Waals surface area contributed by atoms with E-state index in [0.717, 1.165) is 40.2 Å². The van der Waals surface area contributed by atoms with Crippen LogP contribution in [0.15, 0.2) is 48.7 Å². The van der Waals surface area contributed by atoms with Gasteiger partial charge in [-0.3, -0.25) is 4.79 Å². The predicted molar refractivity (Wildman–Crippen MR) is 151 cm³/mol. The summed E-state index contributed by atoms with van der Waals surface area (Å²) in [5.74, 6) is 0.195. The van der Waals surface area contributed by atoms with Crippen LogP contribution in [0, 0.1) is 12.3 Å². The van der Waals surface area contributed by atoms with E-state index in [1.165, 1.54) is 0 Å². The molecule has 0 fully saturated rings. The second-order valence-electron chi connectivity index (χ2n) is 9.24. The molecule has 1 aliphatic rings. The minimum Gasteiger partial charge on any atom is -0.387 e. The van der Waals surface area contributed by atoms with Crippen LogP contribution in [-0.4, -0.2) is 60.7 Å². The molecule has 0 spiro atoms. The van der Waals surface area contributed by atoms with Crippen molar-refractivity contribution in [3.8, 4) is 0 Å². The van der Waals surface area contributed by atoms with Gasteiger partial charge in [0.05, 0.1) is 22.1 Å². The number of halogens is 1. The summed E-state index contributed by atoms with van der Waals surface area (Å²) in [6.07, 6.45) is 3.14. The Bertz CT molecular complexity index is 1370. The number of anilines is 2. The molecule has 37 heavy (non-hydrogen) atoms. The van der Waals surface area contributed by atoms with Crippen molar-refractivity contribution in [1.29, 1.82) is 5.41 Å². The Morgan fingerprint density at radius 2 is 1.95 bits per heavy atom. The highest BCUT2D eigenvalue weighted by atomic mass is 35.5. The topological polar surface area (TPSA) is 106 Å². The molecule has 0 atom stereocenters. The number of hydrogen-bond donors (Lipinski definition) is 4. The average molecular weight is 518 g/mol. The molecule has 8 nitrogen and oxygen atoms in total. The number of allylic oxidation sites excluding steroid dienone is 1. The molecule has 1 aromatic heterocycles. The lowest BCUT2D eigenvalue weighted by atomic mass is 9.87. The number of carbonyl (C=O) groups excluding carboxylic acids is 1. The number of likely N-dealkylation sites (N-methyl/N-ethyl adjacent to an activating group) is 1. The molecule has 0 saturated carbocycles. The fraction of sp³-hybridized carbons (Fsp3) is 0.286. The summed E-state index contributed by atoms with van der Waals surface area (Å²) in [5.41, 5.74) is 7.13. The van der Waals surface area contributed by atoms with E-state index in [1.54, 1.807) is 18.2 Å². The summed E-state index contributed by atoms with van der Waals surface area (Å²) in [4.78, 5) is 23.8. The summed E-state index contributed by atoms with van der Waals surface area (Å²) in [7, 11) is 5.78. The third-order valence-corrected chi connectivity index (χ3v) is 6.60. The van der Waals surface area contributed by atoms with Crippen molar-refractivity contribution in [3.63, 3.8) is 0 Å². The van der Waals surface area contributed by atoms with Gasteiger partial charge in [-0.25, -0.2) is 9.97 Å². The maximum absolute atomic E-state index is 12.4. The molecule has 1 amide bonds. The van der Waals surface area contributed by atoms with Crippen LogP contribution in [0.2, 0.25) is 5.02 Å². The SMILES string of the molecule is CN/C(=C1\C(=N)CCc2cnc(Nc3ccc(C(=O)NCCN(C)C)cc3Cl)nc21)c1ccccc1C. The molecule has 1 heterocycles. The van der Waals surface area contributed by atoms with Gasteiger partial charge in [0, 0.05) is 48.7 Å². The molecule has 1 aliphatic carbocycles. The standard InChI is InChI=1S/C28H32ClN7O/c1-17-7-5-6-8-20(17)26(31-2)24-22(30)11-9-19-16-33-28(35-25(19)24)34-23-12-10-18(15-21(23)29)27(37)32-13-14-36(3)4/h5-8,10,12,15-16,30-31H,9,11,13-14H2,1-4H3,(H,32,37)(H,33,34,35)/b26-24+,30-22?. The molecule has 0 unspecified atom stereocenters. The average Bonchev–Trinajstić information content (AvgIpc) is 2.87. The van der Waals surface area contributed by atoms with Gasteiger partial charge in [0.2, 0.25) is 5.95 Å². The van der Waals surface area contributed by atoms with Gasteiger partial charge < -0.3 is 26.3 Å². The van der Waals surface area contributed by atoms with Gasteiger partial charge in [-0.05, 0) is 63.2 Å². The molecule has 0 radical (unpaired) electrons. The normalized spacial score (nSPS) is 14.3. The largest absolute Gasteiger partial charge is 0.387 e. The van der Waals surface area contributed by atoms with Crippen LogP contribution in [0.1, 0.15) is 39.2 Å². The van der Waals surface area contributed by atoms with Crippen LogP contribution in [-0.2, 0) is 6.42 Å². The Labute approximate surface area is 222 Å². The Hall–Kier alpha value is -3.75. The maximum Gasteiger partial charge on any atom is 0.251 e. The maximum atomic E-state index is 12.4. The van der Waals surface area contributed by atoms with Gasteiger partial charge in [-0.15, -0.1) is 0 Å².